The van der Waals surface area contributed by atoms with Crippen LogP contribution in [0.4, 0.5) is 0 Å². The number of hydrogen-bond acceptors (Lipinski definition) is 2. The fraction of sp³-hybridized carbons (Fsp3) is 0.429. The summed E-state index contributed by atoms with van der Waals surface area (Å²) in [7, 11) is 2.15. The molecule has 0 amide bonds. The van der Waals surface area contributed by atoms with Crippen LogP contribution in [0.25, 0.3) is 0 Å². The summed E-state index contributed by atoms with van der Waals surface area (Å²) in [6.07, 6.45) is 5.89. The second kappa shape index (κ2) is 4.60. The topological polar surface area (TPSA) is 6.48 Å². The van der Waals surface area contributed by atoms with Crippen molar-refractivity contribution in [3.63, 3.8) is 0 Å². The van der Waals surface area contributed by atoms with Gasteiger partial charge in [0.15, 0.2) is 0 Å². The molecule has 16 heavy (non-hydrogen) atoms. The van der Waals surface area contributed by atoms with Gasteiger partial charge in [-0.3, -0.25) is 0 Å². The maximum absolute atomic E-state index is 2.41. The first-order chi connectivity index (χ1) is 7.68. The lowest BCUT2D eigenvalue weighted by Crippen LogP contribution is -2.41. The molecule has 0 aliphatic carbocycles. The van der Waals surface area contributed by atoms with Gasteiger partial charge in [-0.2, -0.15) is 0 Å². The van der Waals surface area contributed by atoms with E-state index >= 15 is 0 Å². The van der Waals surface area contributed by atoms with Crippen molar-refractivity contribution in [3.8, 4) is 0 Å². The van der Waals surface area contributed by atoms with Crippen molar-refractivity contribution in [2.24, 2.45) is 0 Å². The van der Waals surface area contributed by atoms with E-state index in [-0.39, 0.29) is 0 Å². The van der Waals surface area contributed by atoms with Crippen molar-refractivity contribution in [2.75, 3.05) is 7.05 Å². The molecule has 0 N–H and O–H groups in total. The standard InChI is InChI=1S/C14H20N2/c1-12(2)16-10-9-15(3)14(16)11-13-7-5-4-6-8-13/h4-10,12,14H,11H2,1-3H3. The van der Waals surface area contributed by atoms with Gasteiger partial charge in [-0.25, -0.2) is 0 Å². The Labute approximate surface area is 98.2 Å². The number of rotatable bonds is 3. The summed E-state index contributed by atoms with van der Waals surface area (Å²) in [5.41, 5.74) is 1.40. The van der Waals surface area contributed by atoms with E-state index in [4.69, 9.17) is 0 Å². The normalized spacial score (nSPS) is 19.9. The van der Waals surface area contributed by atoms with E-state index in [1.54, 1.807) is 0 Å². The minimum absolute atomic E-state index is 0.461. The fourth-order valence-corrected chi connectivity index (χ4v) is 2.18. The first-order valence-electron chi connectivity index (χ1n) is 5.90. The lowest BCUT2D eigenvalue weighted by molar-refractivity contribution is 0.146. The predicted octanol–water partition coefficient (Wildman–Crippen LogP) is 2.68. The second-order valence-electron chi connectivity index (χ2n) is 4.67. The van der Waals surface area contributed by atoms with E-state index in [9.17, 15) is 0 Å². The Morgan fingerprint density at radius 1 is 1.12 bits per heavy atom. The molecule has 0 spiro atoms. The highest BCUT2D eigenvalue weighted by atomic mass is 15.4. The maximum atomic E-state index is 2.41. The highest BCUT2D eigenvalue weighted by molar-refractivity contribution is 5.17. The van der Waals surface area contributed by atoms with Crippen molar-refractivity contribution in [1.82, 2.24) is 9.80 Å². The van der Waals surface area contributed by atoms with Crippen LogP contribution in [0, 0.1) is 0 Å². The van der Waals surface area contributed by atoms with E-state index in [2.05, 4.69) is 73.4 Å². The lowest BCUT2D eigenvalue weighted by Gasteiger charge is -2.33. The molecule has 86 valence electrons. The summed E-state index contributed by atoms with van der Waals surface area (Å²) in [5, 5.41) is 0. The zero-order chi connectivity index (χ0) is 11.5. The van der Waals surface area contributed by atoms with E-state index in [1.165, 1.54) is 5.56 Å². The Bertz CT molecular complexity index is 356. The summed E-state index contributed by atoms with van der Waals surface area (Å²) in [6, 6.07) is 11.2. The quantitative estimate of drug-likeness (QED) is 0.766. The van der Waals surface area contributed by atoms with Crippen molar-refractivity contribution in [3.05, 3.63) is 48.3 Å². The third-order valence-corrected chi connectivity index (χ3v) is 3.15. The summed E-state index contributed by atoms with van der Waals surface area (Å²) in [5.74, 6) is 0. The molecule has 0 saturated carbocycles. The Balaban J connectivity index is 2.09. The SMILES string of the molecule is CC(C)N1C=CN(C)C1Cc1ccccc1. The van der Waals surface area contributed by atoms with Gasteiger partial charge in [-0.1, -0.05) is 30.3 Å². The summed E-state index contributed by atoms with van der Waals surface area (Å²) < 4.78 is 0. The minimum atomic E-state index is 0.461. The third-order valence-electron chi connectivity index (χ3n) is 3.15. The Kier molecular flexibility index (Phi) is 3.18. The molecule has 0 fully saturated rings. The van der Waals surface area contributed by atoms with Crippen LogP contribution in [0.3, 0.4) is 0 Å². The molecule has 1 unspecified atom stereocenters. The van der Waals surface area contributed by atoms with Gasteiger partial charge in [-0.05, 0) is 19.4 Å². The summed E-state index contributed by atoms with van der Waals surface area (Å²) >= 11 is 0. The Morgan fingerprint density at radius 2 is 1.81 bits per heavy atom. The van der Waals surface area contributed by atoms with Crippen LogP contribution in [0.2, 0.25) is 0 Å². The Morgan fingerprint density at radius 3 is 2.44 bits per heavy atom. The van der Waals surface area contributed by atoms with Gasteiger partial charge in [0.25, 0.3) is 0 Å². The van der Waals surface area contributed by atoms with Gasteiger partial charge in [-0.15, -0.1) is 0 Å². The summed E-state index contributed by atoms with van der Waals surface area (Å²) in [4.78, 5) is 4.69. The van der Waals surface area contributed by atoms with E-state index in [0.29, 0.717) is 12.2 Å². The van der Waals surface area contributed by atoms with Crippen LogP contribution in [0.1, 0.15) is 19.4 Å². The smallest absolute Gasteiger partial charge is 0.105 e. The van der Waals surface area contributed by atoms with Crippen LogP contribution in [-0.4, -0.2) is 29.1 Å². The first kappa shape index (κ1) is 11.1. The molecular formula is C14H20N2. The van der Waals surface area contributed by atoms with Gasteiger partial charge >= 0.3 is 0 Å². The molecule has 1 heterocycles. The predicted molar refractivity (Wildman–Crippen MR) is 67.8 cm³/mol. The fourth-order valence-electron chi connectivity index (χ4n) is 2.18. The molecule has 0 bridgehead atoms. The molecular weight excluding hydrogens is 196 g/mol. The monoisotopic (exact) mass is 216 g/mol. The van der Waals surface area contributed by atoms with Gasteiger partial charge < -0.3 is 9.80 Å². The molecule has 0 radical (unpaired) electrons. The van der Waals surface area contributed by atoms with Crippen molar-refractivity contribution in [2.45, 2.75) is 32.5 Å². The molecule has 0 aromatic heterocycles. The van der Waals surface area contributed by atoms with Gasteiger partial charge in [0.05, 0.1) is 0 Å². The van der Waals surface area contributed by atoms with E-state index in [1.807, 2.05) is 0 Å². The third kappa shape index (κ3) is 2.21. The highest BCUT2D eigenvalue weighted by Crippen LogP contribution is 2.20. The minimum Gasteiger partial charge on any atom is -0.359 e. The highest BCUT2D eigenvalue weighted by Gasteiger charge is 2.25. The number of benzene rings is 1. The molecule has 1 aliphatic heterocycles. The lowest BCUT2D eigenvalue weighted by atomic mass is 10.1. The second-order valence-corrected chi connectivity index (χ2v) is 4.67. The van der Waals surface area contributed by atoms with Crippen LogP contribution < -0.4 is 0 Å². The molecule has 1 atom stereocenters. The Hall–Kier alpha value is -1.44. The average Bonchev–Trinajstić information content (AvgIpc) is 2.62. The van der Waals surface area contributed by atoms with E-state index < -0.39 is 0 Å². The molecule has 2 rings (SSSR count). The molecule has 1 aliphatic rings. The molecule has 0 saturated heterocycles. The van der Waals surface area contributed by atoms with Crippen LogP contribution in [-0.2, 0) is 6.42 Å². The van der Waals surface area contributed by atoms with Gasteiger partial charge in [0.2, 0.25) is 0 Å². The van der Waals surface area contributed by atoms with Crippen LogP contribution in [0.5, 0.6) is 0 Å². The average molecular weight is 216 g/mol. The van der Waals surface area contributed by atoms with Crippen molar-refractivity contribution < 1.29 is 0 Å². The zero-order valence-corrected chi connectivity index (χ0v) is 10.3. The van der Waals surface area contributed by atoms with Crippen molar-refractivity contribution >= 4 is 0 Å². The van der Waals surface area contributed by atoms with Crippen molar-refractivity contribution in [1.29, 1.82) is 0 Å². The number of nitrogens with zero attached hydrogens (tertiary/aromatic N) is 2. The maximum Gasteiger partial charge on any atom is 0.105 e. The number of hydrogen-bond donors (Lipinski definition) is 0. The number of likely N-dealkylation sites (N-methyl/N-ethyl adjacent to an activating group) is 1. The zero-order valence-electron chi connectivity index (χ0n) is 10.3. The molecule has 2 nitrogen and oxygen atoms in total. The van der Waals surface area contributed by atoms with Crippen LogP contribution >= 0.6 is 0 Å². The summed E-state index contributed by atoms with van der Waals surface area (Å²) in [6.45, 7) is 4.48. The largest absolute Gasteiger partial charge is 0.359 e. The first-order valence-corrected chi connectivity index (χ1v) is 5.90. The van der Waals surface area contributed by atoms with Crippen LogP contribution in [0.15, 0.2) is 42.7 Å². The molecule has 2 heteroatoms. The molecule has 1 aromatic rings. The van der Waals surface area contributed by atoms with E-state index in [0.717, 1.165) is 6.42 Å². The molecule has 1 aromatic carbocycles. The van der Waals surface area contributed by atoms with Gasteiger partial charge in [0.1, 0.15) is 6.17 Å². The van der Waals surface area contributed by atoms with Gasteiger partial charge in [0, 0.05) is 31.9 Å².